The van der Waals surface area contributed by atoms with E-state index in [1.54, 1.807) is 0 Å². The number of carboxylic acid groups (broad SMARTS) is 2. The summed E-state index contributed by atoms with van der Waals surface area (Å²) >= 11 is 0. The molecular weight excluding hydrogens is 192 g/mol. The highest BCUT2D eigenvalue weighted by molar-refractivity contribution is 5.62. The summed E-state index contributed by atoms with van der Waals surface area (Å²) in [6.07, 6.45) is -2.87. The van der Waals surface area contributed by atoms with Crippen LogP contribution in [0.25, 0.3) is 0 Å². The van der Waals surface area contributed by atoms with E-state index >= 15 is 0 Å². The molecular formula is C8H6O6. The van der Waals surface area contributed by atoms with Gasteiger partial charge in [-0.1, -0.05) is 0 Å². The maximum absolute atomic E-state index is 10.1. The van der Waals surface area contributed by atoms with E-state index in [-0.39, 0.29) is 11.5 Å². The van der Waals surface area contributed by atoms with E-state index in [1.807, 2.05) is 0 Å². The number of hydrogen-bond acceptors (Lipinski definition) is 4. The molecule has 74 valence electrons. The third-order valence-electron chi connectivity index (χ3n) is 1.23. The molecule has 1 aromatic carbocycles. The average Bonchev–Trinajstić information content (AvgIpc) is 2.06. The molecule has 0 heterocycles. The first-order chi connectivity index (χ1) is 6.58. The lowest BCUT2D eigenvalue weighted by Gasteiger charge is -2.01. The first-order valence-corrected chi connectivity index (χ1v) is 3.49. The Balaban J connectivity index is 2.68. The minimum absolute atomic E-state index is 0.0928. The van der Waals surface area contributed by atoms with E-state index in [9.17, 15) is 9.59 Å². The molecule has 0 aliphatic carbocycles. The van der Waals surface area contributed by atoms with Crippen molar-refractivity contribution in [2.45, 2.75) is 0 Å². The highest BCUT2D eigenvalue weighted by Crippen LogP contribution is 2.17. The zero-order valence-corrected chi connectivity index (χ0v) is 6.84. The first kappa shape index (κ1) is 9.85. The van der Waals surface area contributed by atoms with Crippen LogP contribution in [0.4, 0.5) is 9.59 Å². The maximum atomic E-state index is 10.1. The third kappa shape index (κ3) is 3.02. The second-order valence-electron chi connectivity index (χ2n) is 2.21. The van der Waals surface area contributed by atoms with Gasteiger partial charge in [-0.05, 0) is 24.3 Å². The minimum atomic E-state index is -1.43. The molecule has 1 aromatic rings. The Morgan fingerprint density at radius 1 is 0.857 bits per heavy atom. The van der Waals surface area contributed by atoms with Crippen LogP contribution < -0.4 is 9.47 Å². The second kappa shape index (κ2) is 4.13. The van der Waals surface area contributed by atoms with Gasteiger partial charge >= 0.3 is 12.3 Å². The van der Waals surface area contributed by atoms with Crippen LogP contribution in [-0.4, -0.2) is 22.5 Å². The SMILES string of the molecule is O=C(O)Oc1ccc(OC(=O)O)cc1. The Kier molecular flexibility index (Phi) is 2.90. The van der Waals surface area contributed by atoms with Gasteiger partial charge in [0.15, 0.2) is 0 Å². The number of ether oxygens (including phenoxy) is 2. The summed E-state index contributed by atoms with van der Waals surface area (Å²) in [6, 6.07) is 5.14. The van der Waals surface area contributed by atoms with E-state index < -0.39 is 12.3 Å². The summed E-state index contributed by atoms with van der Waals surface area (Å²) in [5.74, 6) is 0.186. The molecule has 14 heavy (non-hydrogen) atoms. The topological polar surface area (TPSA) is 93.1 Å². The monoisotopic (exact) mass is 198 g/mol. The van der Waals surface area contributed by atoms with Crippen LogP contribution >= 0.6 is 0 Å². The van der Waals surface area contributed by atoms with E-state index in [2.05, 4.69) is 9.47 Å². The molecule has 6 heteroatoms. The Morgan fingerprint density at radius 3 is 1.36 bits per heavy atom. The van der Waals surface area contributed by atoms with Crippen molar-refractivity contribution in [2.24, 2.45) is 0 Å². The normalized spacial score (nSPS) is 9.14. The zero-order chi connectivity index (χ0) is 10.6. The van der Waals surface area contributed by atoms with Gasteiger partial charge in [-0.3, -0.25) is 0 Å². The van der Waals surface area contributed by atoms with Gasteiger partial charge in [-0.15, -0.1) is 0 Å². The Labute approximate surface area is 78.3 Å². The highest BCUT2D eigenvalue weighted by Gasteiger charge is 2.03. The first-order valence-electron chi connectivity index (χ1n) is 3.49. The molecule has 0 atom stereocenters. The molecule has 0 unspecified atom stereocenters. The standard InChI is InChI=1S/C8H6O6/c9-7(10)13-5-1-2-6(4-3-5)14-8(11)12/h1-4H,(H,9,10)(H,11,12). The summed E-state index contributed by atoms with van der Waals surface area (Å²) in [5, 5.41) is 16.5. The van der Waals surface area contributed by atoms with Crippen LogP contribution in [0.5, 0.6) is 11.5 Å². The number of hydrogen-bond donors (Lipinski definition) is 2. The van der Waals surface area contributed by atoms with E-state index in [4.69, 9.17) is 10.2 Å². The summed E-state index contributed by atoms with van der Waals surface area (Å²) in [6.45, 7) is 0. The van der Waals surface area contributed by atoms with Gasteiger partial charge in [0.25, 0.3) is 0 Å². The summed E-state index contributed by atoms with van der Waals surface area (Å²) < 4.78 is 8.58. The van der Waals surface area contributed by atoms with Crippen molar-refractivity contribution < 1.29 is 29.3 Å². The lowest BCUT2D eigenvalue weighted by molar-refractivity contribution is 0.141. The largest absolute Gasteiger partial charge is 0.511 e. The molecule has 0 fully saturated rings. The fourth-order valence-corrected chi connectivity index (χ4v) is 0.777. The van der Waals surface area contributed by atoms with Crippen LogP contribution in [-0.2, 0) is 0 Å². The molecule has 0 spiro atoms. The predicted octanol–water partition coefficient (Wildman–Crippen LogP) is 1.80. The van der Waals surface area contributed by atoms with Crippen molar-refractivity contribution >= 4 is 12.3 Å². The molecule has 1 rings (SSSR count). The number of carbonyl (C=O) groups is 2. The lowest BCUT2D eigenvalue weighted by atomic mass is 10.3. The lowest BCUT2D eigenvalue weighted by Crippen LogP contribution is -2.04. The maximum Gasteiger partial charge on any atom is 0.511 e. The van der Waals surface area contributed by atoms with Crippen molar-refractivity contribution in [3.8, 4) is 11.5 Å². The van der Waals surface area contributed by atoms with Crippen LogP contribution in [0, 0.1) is 0 Å². The van der Waals surface area contributed by atoms with E-state index in [0.717, 1.165) is 0 Å². The Morgan fingerprint density at radius 2 is 1.14 bits per heavy atom. The van der Waals surface area contributed by atoms with Crippen molar-refractivity contribution in [1.29, 1.82) is 0 Å². The summed E-state index contributed by atoms with van der Waals surface area (Å²) in [7, 11) is 0. The second-order valence-corrected chi connectivity index (χ2v) is 2.21. The number of rotatable bonds is 2. The molecule has 0 aromatic heterocycles. The molecule has 6 nitrogen and oxygen atoms in total. The predicted molar refractivity (Wildman–Crippen MR) is 43.7 cm³/mol. The fourth-order valence-electron chi connectivity index (χ4n) is 0.777. The van der Waals surface area contributed by atoms with Crippen LogP contribution in [0.2, 0.25) is 0 Å². The Bertz CT molecular complexity index is 306. The van der Waals surface area contributed by atoms with Crippen molar-refractivity contribution in [2.75, 3.05) is 0 Å². The van der Waals surface area contributed by atoms with Gasteiger partial charge in [-0.2, -0.15) is 0 Å². The van der Waals surface area contributed by atoms with Gasteiger partial charge in [0.2, 0.25) is 0 Å². The van der Waals surface area contributed by atoms with E-state index in [0.29, 0.717) is 0 Å². The quantitative estimate of drug-likeness (QED) is 0.555. The van der Waals surface area contributed by atoms with Gasteiger partial charge < -0.3 is 19.7 Å². The van der Waals surface area contributed by atoms with Crippen LogP contribution in [0.3, 0.4) is 0 Å². The molecule has 0 amide bonds. The van der Waals surface area contributed by atoms with Crippen molar-refractivity contribution in [1.82, 2.24) is 0 Å². The van der Waals surface area contributed by atoms with Gasteiger partial charge in [0.1, 0.15) is 11.5 Å². The van der Waals surface area contributed by atoms with Crippen LogP contribution in [0.1, 0.15) is 0 Å². The molecule has 0 radical (unpaired) electrons. The third-order valence-corrected chi connectivity index (χ3v) is 1.23. The van der Waals surface area contributed by atoms with Gasteiger partial charge in [-0.25, -0.2) is 9.59 Å². The van der Waals surface area contributed by atoms with Crippen molar-refractivity contribution in [3.05, 3.63) is 24.3 Å². The van der Waals surface area contributed by atoms with Crippen LogP contribution in [0.15, 0.2) is 24.3 Å². The van der Waals surface area contributed by atoms with Crippen molar-refractivity contribution in [3.63, 3.8) is 0 Å². The molecule has 0 aliphatic rings. The molecule has 2 N–H and O–H groups in total. The fraction of sp³-hybridized carbons (Fsp3) is 0. The molecule has 0 saturated carbocycles. The smallest absolute Gasteiger partial charge is 0.449 e. The average molecular weight is 198 g/mol. The molecule has 0 aliphatic heterocycles. The summed E-state index contributed by atoms with van der Waals surface area (Å²) in [5.41, 5.74) is 0. The number of benzene rings is 1. The van der Waals surface area contributed by atoms with Gasteiger partial charge in [0.05, 0.1) is 0 Å². The molecule has 0 saturated heterocycles. The zero-order valence-electron chi connectivity index (χ0n) is 6.84. The minimum Gasteiger partial charge on any atom is -0.449 e. The Hall–Kier alpha value is -2.24. The molecule has 0 bridgehead atoms. The highest BCUT2D eigenvalue weighted by atomic mass is 16.7. The van der Waals surface area contributed by atoms with E-state index in [1.165, 1.54) is 24.3 Å². The summed E-state index contributed by atoms with van der Waals surface area (Å²) in [4.78, 5) is 20.2. The van der Waals surface area contributed by atoms with Gasteiger partial charge in [0, 0.05) is 0 Å².